The fourth-order valence-corrected chi connectivity index (χ4v) is 1.95. The van der Waals surface area contributed by atoms with E-state index in [0.29, 0.717) is 11.8 Å². The standard InChI is InChI=1S/C13H12F3N3O2/c1-7(2)9-4-3-8(5-10(9)19(20)21)12-17-6-11(18-12)13(14,15)16/h3-7H,1-2H3,(H,17,18). The van der Waals surface area contributed by atoms with Crippen LogP contribution in [0.2, 0.25) is 0 Å². The van der Waals surface area contributed by atoms with Crippen molar-refractivity contribution in [2.45, 2.75) is 25.9 Å². The van der Waals surface area contributed by atoms with E-state index in [9.17, 15) is 23.3 Å². The molecule has 5 nitrogen and oxygen atoms in total. The molecule has 8 heteroatoms. The van der Waals surface area contributed by atoms with Crippen molar-refractivity contribution in [2.24, 2.45) is 0 Å². The fourth-order valence-electron chi connectivity index (χ4n) is 1.95. The molecule has 112 valence electrons. The van der Waals surface area contributed by atoms with E-state index in [1.807, 2.05) is 0 Å². The zero-order valence-electron chi connectivity index (χ0n) is 11.2. The Balaban J connectivity index is 2.48. The van der Waals surface area contributed by atoms with Gasteiger partial charge < -0.3 is 4.98 Å². The normalized spacial score (nSPS) is 11.9. The molecule has 1 N–H and O–H groups in total. The molecule has 1 heterocycles. The third-order valence-corrected chi connectivity index (χ3v) is 3.00. The molecule has 0 aliphatic rings. The van der Waals surface area contributed by atoms with Crippen LogP contribution in [0.4, 0.5) is 18.9 Å². The number of imidazole rings is 1. The molecule has 1 aromatic heterocycles. The first kappa shape index (κ1) is 15.0. The van der Waals surface area contributed by atoms with Gasteiger partial charge in [-0.2, -0.15) is 13.2 Å². The molecule has 0 atom stereocenters. The average molecular weight is 299 g/mol. The summed E-state index contributed by atoms with van der Waals surface area (Å²) in [7, 11) is 0. The van der Waals surface area contributed by atoms with Gasteiger partial charge in [0.05, 0.1) is 11.1 Å². The predicted octanol–water partition coefficient (Wildman–Crippen LogP) is 4.13. The zero-order valence-corrected chi connectivity index (χ0v) is 11.2. The van der Waals surface area contributed by atoms with E-state index in [1.165, 1.54) is 18.2 Å². The molecular formula is C13H12F3N3O2. The van der Waals surface area contributed by atoms with Crippen molar-refractivity contribution >= 4 is 5.69 Å². The minimum atomic E-state index is -4.53. The molecule has 2 aromatic rings. The summed E-state index contributed by atoms with van der Waals surface area (Å²) in [4.78, 5) is 16.3. The Morgan fingerprint density at radius 3 is 2.48 bits per heavy atom. The number of benzene rings is 1. The van der Waals surface area contributed by atoms with E-state index < -0.39 is 16.8 Å². The molecule has 0 aliphatic carbocycles. The van der Waals surface area contributed by atoms with E-state index in [2.05, 4.69) is 9.97 Å². The predicted molar refractivity (Wildman–Crippen MR) is 69.8 cm³/mol. The first-order valence-electron chi connectivity index (χ1n) is 6.11. The Kier molecular flexibility index (Phi) is 3.71. The molecule has 0 saturated carbocycles. The zero-order chi connectivity index (χ0) is 15.8. The molecule has 0 bridgehead atoms. The minimum Gasteiger partial charge on any atom is -0.334 e. The number of nitro benzene ring substituents is 1. The summed E-state index contributed by atoms with van der Waals surface area (Å²) < 4.78 is 37.5. The fraction of sp³-hybridized carbons (Fsp3) is 0.308. The van der Waals surface area contributed by atoms with Crippen molar-refractivity contribution in [1.29, 1.82) is 0 Å². The summed E-state index contributed by atoms with van der Waals surface area (Å²) in [6, 6.07) is 4.28. The number of aromatic nitrogens is 2. The quantitative estimate of drug-likeness (QED) is 0.684. The number of rotatable bonds is 3. The van der Waals surface area contributed by atoms with Gasteiger partial charge in [0.2, 0.25) is 0 Å². The number of nitro groups is 1. The molecular weight excluding hydrogens is 287 g/mol. The SMILES string of the molecule is CC(C)c1ccc(-c2ncc(C(F)(F)F)[nH]2)cc1[N+](=O)[O-]. The molecule has 21 heavy (non-hydrogen) atoms. The Morgan fingerprint density at radius 2 is 2.00 bits per heavy atom. The lowest BCUT2D eigenvalue weighted by atomic mass is 9.99. The van der Waals surface area contributed by atoms with Crippen LogP contribution in [0.25, 0.3) is 11.4 Å². The van der Waals surface area contributed by atoms with E-state index in [-0.39, 0.29) is 23.0 Å². The van der Waals surface area contributed by atoms with Crippen LogP contribution in [0.15, 0.2) is 24.4 Å². The molecule has 0 radical (unpaired) electrons. The Labute approximate surface area is 118 Å². The van der Waals surface area contributed by atoms with Crippen LogP contribution in [0.1, 0.15) is 31.0 Å². The monoisotopic (exact) mass is 299 g/mol. The number of aromatic amines is 1. The summed E-state index contributed by atoms with van der Waals surface area (Å²) >= 11 is 0. The van der Waals surface area contributed by atoms with E-state index in [4.69, 9.17) is 0 Å². The van der Waals surface area contributed by atoms with E-state index >= 15 is 0 Å². The summed E-state index contributed by atoms with van der Waals surface area (Å²) in [6.45, 7) is 3.60. The van der Waals surface area contributed by atoms with Gasteiger partial charge in [0.1, 0.15) is 11.5 Å². The van der Waals surface area contributed by atoms with Crippen molar-refractivity contribution in [3.8, 4) is 11.4 Å². The van der Waals surface area contributed by atoms with E-state index in [0.717, 1.165) is 0 Å². The number of H-pyrrole nitrogens is 1. The summed E-state index contributed by atoms with van der Waals surface area (Å²) in [6.07, 6.45) is -3.87. The topological polar surface area (TPSA) is 71.8 Å². The van der Waals surface area contributed by atoms with Gasteiger partial charge in [0.25, 0.3) is 5.69 Å². The van der Waals surface area contributed by atoms with Crippen LogP contribution in [0.3, 0.4) is 0 Å². The second kappa shape index (κ2) is 5.19. The van der Waals surface area contributed by atoms with Crippen LogP contribution in [0.5, 0.6) is 0 Å². The lowest BCUT2D eigenvalue weighted by molar-refractivity contribution is -0.385. The highest BCUT2D eigenvalue weighted by Gasteiger charge is 2.33. The van der Waals surface area contributed by atoms with Crippen LogP contribution < -0.4 is 0 Å². The molecule has 0 fully saturated rings. The maximum absolute atomic E-state index is 12.5. The third kappa shape index (κ3) is 3.04. The van der Waals surface area contributed by atoms with Crippen molar-refractivity contribution in [3.63, 3.8) is 0 Å². The highest BCUT2D eigenvalue weighted by atomic mass is 19.4. The van der Waals surface area contributed by atoms with Gasteiger partial charge in [0, 0.05) is 17.2 Å². The second-order valence-electron chi connectivity index (χ2n) is 4.83. The molecule has 2 rings (SSSR count). The molecule has 1 aromatic carbocycles. The third-order valence-electron chi connectivity index (χ3n) is 3.00. The Bertz CT molecular complexity index is 678. The van der Waals surface area contributed by atoms with Crippen LogP contribution in [-0.2, 0) is 6.18 Å². The minimum absolute atomic E-state index is 0.0549. The Morgan fingerprint density at radius 1 is 1.33 bits per heavy atom. The summed E-state index contributed by atoms with van der Waals surface area (Å²) in [5, 5.41) is 11.1. The maximum atomic E-state index is 12.5. The number of alkyl halides is 3. The number of nitrogens with one attached hydrogen (secondary N) is 1. The van der Waals surface area contributed by atoms with Crippen molar-refractivity contribution in [1.82, 2.24) is 9.97 Å². The maximum Gasteiger partial charge on any atom is 0.432 e. The molecule has 0 saturated heterocycles. The lowest BCUT2D eigenvalue weighted by Gasteiger charge is -2.07. The van der Waals surface area contributed by atoms with Crippen molar-refractivity contribution in [2.75, 3.05) is 0 Å². The lowest BCUT2D eigenvalue weighted by Crippen LogP contribution is -2.04. The van der Waals surface area contributed by atoms with Gasteiger partial charge in [-0.25, -0.2) is 4.98 Å². The van der Waals surface area contributed by atoms with Gasteiger partial charge in [0.15, 0.2) is 0 Å². The van der Waals surface area contributed by atoms with Crippen molar-refractivity contribution in [3.05, 3.63) is 45.8 Å². The van der Waals surface area contributed by atoms with Gasteiger partial charge >= 0.3 is 6.18 Å². The van der Waals surface area contributed by atoms with Crippen LogP contribution >= 0.6 is 0 Å². The van der Waals surface area contributed by atoms with Crippen LogP contribution in [-0.4, -0.2) is 14.9 Å². The second-order valence-corrected chi connectivity index (χ2v) is 4.83. The van der Waals surface area contributed by atoms with Crippen LogP contribution in [0, 0.1) is 10.1 Å². The van der Waals surface area contributed by atoms with Gasteiger partial charge in [-0.05, 0) is 5.92 Å². The molecule has 0 spiro atoms. The average Bonchev–Trinajstić information content (AvgIpc) is 2.87. The summed E-state index contributed by atoms with van der Waals surface area (Å²) in [5.74, 6) is -0.123. The number of nitrogens with zero attached hydrogens (tertiary/aromatic N) is 2. The number of halogens is 3. The van der Waals surface area contributed by atoms with Gasteiger partial charge in [-0.1, -0.05) is 26.0 Å². The first-order valence-corrected chi connectivity index (χ1v) is 6.11. The first-order chi connectivity index (χ1) is 9.70. The largest absolute Gasteiger partial charge is 0.432 e. The highest BCUT2D eigenvalue weighted by Crippen LogP contribution is 2.32. The number of hydrogen-bond donors (Lipinski definition) is 1. The van der Waals surface area contributed by atoms with Crippen molar-refractivity contribution < 1.29 is 18.1 Å². The smallest absolute Gasteiger partial charge is 0.334 e. The molecule has 0 aliphatic heterocycles. The van der Waals surface area contributed by atoms with E-state index in [1.54, 1.807) is 13.8 Å². The molecule has 0 unspecified atom stereocenters. The van der Waals surface area contributed by atoms with Gasteiger partial charge in [-0.15, -0.1) is 0 Å². The summed E-state index contributed by atoms with van der Waals surface area (Å²) in [5.41, 5.74) is -0.367. The van der Waals surface area contributed by atoms with Gasteiger partial charge in [-0.3, -0.25) is 10.1 Å². The highest BCUT2D eigenvalue weighted by molar-refractivity contribution is 5.62. The molecule has 0 amide bonds. The number of hydrogen-bond acceptors (Lipinski definition) is 3. The Hall–Kier alpha value is -2.38.